The maximum Gasteiger partial charge on any atom is 0.291 e. The molecule has 0 radical (unpaired) electrons. The van der Waals surface area contributed by atoms with Gasteiger partial charge in [-0.2, -0.15) is 8.78 Å². The van der Waals surface area contributed by atoms with E-state index in [4.69, 9.17) is 27.9 Å². The van der Waals surface area contributed by atoms with Gasteiger partial charge in [0.1, 0.15) is 5.56 Å². The Morgan fingerprint density at radius 2 is 1.91 bits per heavy atom. The third-order valence-electron chi connectivity index (χ3n) is 4.47. The van der Waals surface area contributed by atoms with Crippen LogP contribution in [0.2, 0.25) is 10.2 Å². The number of aryl methyl sites for hydroxylation is 1. The van der Waals surface area contributed by atoms with Crippen molar-refractivity contribution in [3.8, 4) is 11.6 Å². The molecule has 0 aliphatic rings. The van der Waals surface area contributed by atoms with Gasteiger partial charge in [0.25, 0.3) is 17.7 Å². The van der Waals surface area contributed by atoms with Crippen LogP contribution in [0.4, 0.5) is 13.2 Å². The summed E-state index contributed by atoms with van der Waals surface area (Å²) in [6.45, 7) is 2.10. The Morgan fingerprint density at radius 3 is 2.59 bits per heavy atom. The van der Waals surface area contributed by atoms with E-state index >= 15 is 0 Å². The average Bonchev–Trinajstić information content (AvgIpc) is 2.72. The molecule has 0 fully saturated rings. The van der Waals surface area contributed by atoms with E-state index in [9.17, 15) is 18.0 Å². The summed E-state index contributed by atoms with van der Waals surface area (Å²) in [7, 11) is 0. The fourth-order valence-electron chi connectivity index (χ4n) is 2.78. The molecule has 0 unspecified atom stereocenters. The van der Waals surface area contributed by atoms with Gasteiger partial charge >= 0.3 is 0 Å². The number of nitrogens with one attached hydrogen (secondary N) is 1. The number of hydrogen-bond donors (Lipinski definition) is 1. The number of carbonyl (C=O) groups is 1. The van der Waals surface area contributed by atoms with E-state index in [1.54, 1.807) is 6.92 Å². The van der Waals surface area contributed by atoms with Crippen LogP contribution in [0.1, 0.15) is 27.0 Å². The quantitative estimate of drug-likeness (QED) is 0.376. The summed E-state index contributed by atoms with van der Waals surface area (Å²) in [6.07, 6.45) is 0. The zero-order valence-electron chi connectivity index (χ0n) is 16.6. The first-order chi connectivity index (χ1) is 15.0. The van der Waals surface area contributed by atoms with Gasteiger partial charge in [-0.1, -0.05) is 41.4 Å². The molecule has 0 saturated heterocycles. The Morgan fingerprint density at radius 1 is 1.19 bits per heavy atom. The maximum absolute atomic E-state index is 14.7. The Bertz CT molecular complexity index is 1200. The van der Waals surface area contributed by atoms with Crippen LogP contribution in [0.3, 0.4) is 0 Å². The highest BCUT2D eigenvalue weighted by molar-refractivity contribution is 9.10. The molecule has 11 heteroatoms. The van der Waals surface area contributed by atoms with Crippen molar-refractivity contribution in [1.29, 1.82) is 0 Å². The van der Waals surface area contributed by atoms with Crippen molar-refractivity contribution in [1.82, 2.24) is 15.5 Å². The maximum atomic E-state index is 14.7. The van der Waals surface area contributed by atoms with Crippen LogP contribution in [0.5, 0.6) is 11.6 Å². The Balaban J connectivity index is 1.89. The van der Waals surface area contributed by atoms with E-state index < -0.39 is 35.6 Å². The van der Waals surface area contributed by atoms with Crippen molar-refractivity contribution in [2.75, 3.05) is 6.54 Å². The molecule has 0 saturated carbocycles. The summed E-state index contributed by atoms with van der Waals surface area (Å²) in [5.41, 5.74) is 0.157. The van der Waals surface area contributed by atoms with Gasteiger partial charge in [-0.15, -0.1) is 10.2 Å². The standard InChI is InChI=1S/C21H15BrCl2F3N3O2/c1-10-6-7-12(14(23)8-10)21(26,27)9-28-19(31)16-11(2)18(24)29-30-20(16)32-15-5-3-4-13(22)17(15)25/h3-8H,9H2,1-2H3,(H,28,31). The molecule has 3 rings (SSSR count). The number of rotatable bonds is 6. The second kappa shape index (κ2) is 9.64. The molecular weight excluding hydrogens is 534 g/mol. The van der Waals surface area contributed by atoms with Crippen LogP contribution >= 0.6 is 39.1 Å². The van der Waals surface area contributed by atoms with Crippen molar-refractivity contribution in [3.05, 3.63) is 79.1 Å². The van der Waals surface area contributed by atoms with Crippen molar-refractivity contribution in [3.63, 3.8) is 0 Å². The molecule has 0 aliphatic carbocycles. The van der Waals surface area contributed by atoms with Crippen LogP contribution < -0.4 is 10.1 Å². The number of hydrogen-bond acceptors (Lipinski definition) is 4. The molecule has 32 heavy (non-hydrogen) atoms. The first kappa shape index (κ1) is 24.3. The molecule has 3 aromatic rings. The smallest absolute Gasteiger partial charge is 0.291 e. The van der Waals surface area contributed by atoms with Gasteiger partial charge in [0, 0.05) is 11.1 Å². The highest BCUT2D eigenvalue weighted by atomic mass is 79.9. The SMILES string of the molecule is Cc1ccc(C(F)(F)CNC(=O)c2c(Oc3cccc(Br)c3F)nnc(Cl)c2C)c(Cl)c1. The predicted molar refractivity (Wildman–Crippen MR) is 118 cm³/mol. The second-order valence-corrected chi connectivity index (χ2v) is 8.44. The van der Waals surface area contributed by atoms with Gasteiger partial charge < -0.3 is 10.1 Å². The number of alkyl halides is 2. The van der Waals surface area contributed by atoms with Gasteiger partial charge in [0.2, 0.25) is 0 Å². The first-order valence-electron chi connectivity index (χ1n) is 9.08. The van der Waals surface area contributed by atoms with E-state index in [0.29, 0.717) is 5.56 Å². The van der Waals surface area contributed by atoms with Crippen LogP contribution in [-0.4, -0.2) is 22.6 Å². The van der Waals surface area contributed by atoms with Gasteiger partial charge in [-0.3, -0.25) is 4.79 Å². The zero-order chi connectivity index (χ0) is 23.6. The molecule has 0 aliphatic heterocycles. The zero-order valence-corrected chi connectivity index (χ0v) is 19.7. The second-order valence-electron chi connectivity index (χ2n) is 6.82. The topological polar surface area (TPSA) is 64.1 Å². The number of benzene rings is 2. The number of carbonyl (C=O) groups excluding carboxylic acids is 1. The van der Waals surface area contributed by atoms with Crippen molar-refractivity contribution < 1.29 is 22.7 Å². The van der Waals surface area contributed by atoms with Gasteiger partial charge in [0.15, 0.2) is 16.7 Å². The molecular formula is C21H15BrCl2F3N3O2. The molecule has 0 atom stereocenters. The van der Waals surface area contributed by atoms with E-state index in [-0.39, 0.29) is 31.5 Å². The lowest BCUT2D eigenvalue weighted by Crippen LogP contribution is -2.36. The minimum absolute atomic E-state index is 0.120. The third-order valence-corrected chi connectivity index (χ3v) is 5.75. The Kier molecular flexibility index (Phi) is 7.32. The summed E-state index contributed by atoms with van der Waals surface area (Å²) in [5.74, 6) is -5.79. The van der Waals surface area contributed by atoms with Gasteiger partial charge in [-0.05, 0) is 53.5 Å². The van der Waals surface area contributed by atoms with E-state index in [0.717, 1.165) is 0 Å². The van der Waals surface area contributed by atoms with Crippen molar-refractivity contribution >= 4 is 45.0 Å². The average molecular weight is 549 g/mol. The molecule has 1 N–H and O–H groups in total. The van der Waals surface area contributed by atoms with E-state index in [1.165, 1.54) is 43.3 Å². The largest absolute Gasteiger partial charge is 0.434 e. The molecule has 0 spiro atoms. The fourth-order valence-corrected chi connectivity index (χ4v) is 3.63. The normalized spacial score (nSPS) is 11.4. The molecule has 1 heterocycles. The number of ether oxygens (including phenoxy) is 1. The Labute approximate surface area is 200 Å². The summed E-state index contributed by atoms with van der Waals surface area (Å²) in [4.78, 5) is 12.8. The minimum atomic E-state index is -3.46. The lowest BCUT2D eigenvalue weighted by molar-refractivity contribution is -0.00241. The molecule has 168 valence electrons. The molecule has 5 nitrogen and oxygen atoms in total. The molecule has 0 bridgehead atoms. The number of amides is 1. The highest BCUT2D eigenvalue weighted by Crippen LogP contribution is 2.35. The molecule has 1 aromatic heterocycles. The van der Waals surface area contributed by atoms with Crippen molar-refractivity contribution in [2.45, 2.75) is 19.8 Å². The van der Waals surface area contributed by atoms with Gasteiger partial charge in [-0.25, -0.2) is 4.39 Å². The lowest BCUT2D eigenvalue weighted by Gasteiger charge is -2.20. The highest BCUT2D eigenvalue weighted by Gasteiger charge is 2.35. The number of nitrogens with zero attached hydrogens (tertiary/aromatic N) is 2. The molecule has 1 amide bonds. The van der Waals surface area contributed by atoms with E-state index in [2.05, 4.69) is 31.4 Å². The van der Waals surface area contributed by atoms with Crippen LogP contribution in [0, 0.1) is 19.7 Å². The van der Waals surface area contributed by atoms with Crippen LogP contribution in [0.15, 0.2) is 40.9 Å². The van der Waals surface area contributed by atoms with Gasteiger partial charge in [0.05, 0.1) is 16.0 Å². The van der Waals surface area contributed by atoms with Crippen LogP contribution in [-0.2, 0) is 5.92 Å². The monoisotopic (exact) mass is 547 g/mol. The first-order valence-corrected chi connectivity index (χ1v) is 10.6. The molecule has 2 aromatic carbocycles. The summed E-state index contributed by atoms with van der Waals surface area (Å²) >= 11 is 14.9. The predicted octanol–water partition coefficient (Wildman–Crippen LogP) is 6.62. The fraction of sp³-hybridized carbons (Fsp3) is 0.190. The lowest BCUT2D eigenvalue weighted by atomic mass is 10.1. The van der Waals surface area contributed by atoms with E-state index in [1.807, 2.05) is 0 Å². The minimum Gasteiger partial charge on any atom is -0.434 e. The summed E-state index contributed by atoms with van der Waals surface area (Å²) in [5, 5.41) is 9.24. The van der Waals surface area contributed by atoms with Crippen LogP contribution in [0.25, 0.3) is 0 Å². The summed E-state index contributed by atoms with van der Waals surface area (Å²) in [6, 6.07) is 8.36. The van der Waals surface area contributed by atoms with Crippen molar-refractivity contribution in [2.24, 2.45) is 0 Å². The number of halogens is 6. The summed E-state index contributed by atoms with van der Waals surface area (Å²) < 4.78 is 49.3. The number of aromatic nitrogens is 2. The third kappa shape index (κ3) is 5.16. The Hall–Kier alpha value is -2.36.